The monoisotopic (exact) mass is 355 g/mol. The third-order valence-electron chi connectivity index (χ3n) is 4.17. The highest BCUT2D eigenvalue weighted by Crippen LogP contribution is 2.16. The zero-order valence-corrected chi connectivity index (χ0v) is 15.0. The molecular weight excluding hydrogens is 330 g/mol. The molecule has 138 valence electrons. The third kappa shape index (κ3) is 5.75. The van der Waals surface area contributed by atoms with E-state index >= 15 is 0 Å². The van der Waals surface area contributed by atoms with Crippen LogP contribution in [0.25, 0.3) is 0 Å². The molecular formula is C20H25N3O3. The number of benzene rings is 2. The van der Waals surface area contributed by atoms with Gasteiger partial charge in [0.15, 0.2) is 0 Å². The summed E-state index contributed by atoms with van der Waals surface area (Å²) in [6, 6.07) is 14.8. The number of hydrogen-bond acceptors (Lipinski definition) is 4. The van der Waals surface area contributed by atoms with Crippen LogP contribution in [0.5, 0.6) is 5.75 Å². The average Bonchev–Trinajstić information content (AvgIpc) is 2.64. The summed E-state index contributed by atoms with van der Waals surface area (Å²) in [4.78, 5) is 14.4. The first-order valence-electron chi connectivity index (χ1n) is 8.87. The van der Waals surface area contributed by atoms with E-state index in [2.05, 4.69) is 15.5 Å². The fraction of sp³-hybridized carbons (Fsp3) is 0.350. The molecule has 2 aromatic rings. The van der Waals surface area contributed by atoms with Crippen LogP contribution in [0.4, 0.5) is 16.2 Å². The van der Waals surface area contributed by atoms with Crippen molar-refractivity contribution < 1.29 is 14.3 Å². The minimum atomic E-state index is -0.267. The Bertz CT molecular complexity index is 712. The summed E-state index contributed by atoms with van der Waals surface area (Å²) in [5.41, 5.74) is 2.59. The lowest BCUT2D eigenvalue weighted by molar-refractivity contribution is 0.0322. The van der Waals surface area contributed by atoms with Crippen molar-refractivity contribution in [2.75, 3.05) is 50.1 Å². The van der Waals surface area contributed by atoms with Crippen molar-refractivity contribution in [3.8, 4) is 5.75 Å². The molecule has 0 spiro atoms. The van der Waals surface area contributed by atoms with Crippen LogP contribution in [0, 0.1) is 6.92 Å². The Morgan fingerprint density at radius 3 is 2.54 bits per heavy atom. The lowest BCUT2D eigenvalue weighted by Crippen LogP contribution is -2.38. The first kappa shape index (κ1) is 18.2. The van der Waals surface area contributed by atoms with Crippen LogP contribution < -0.4 is 15.4 Å². The van der Waals surface area contributed by atoms with Crippen LogP contribution >= 0.6 is 0 Å². The Balaban J connectivity index is 1.42. The van der Waals surface area contributed by atoms with Gasteiger partial charge in [-0.15, -0.1) is 0 Å². The summed E-state index contributed by atoms with van der Waals surface area (Å²) >= 11 is 0. The summed E-state index contributed by atoms with van der Waals surface area (Å²) in [5, 5.41) is 5.64. The molecule has 1 aliphatic rings. The van der Waals surface area contributed by atoms with Crippen molar-refractivity contribution in [3.05, 3.63) is 54.1 Å². The van der Waals surface area contributed by atoms with Crippen LogP contribution in [0.1, 0.15) is 5.56 Å². The molecule has 1 fully saturated rings. The molecule has 2 N–H and O–H groups in total. The predicted molar refractivity (Wildman–Crippen MR) is 103 cm³/mol. The number of morpholine rings is 1. The van der Waals surface area contributed by atoms with Gasteiger partial charge in [0.1, 0.15) is 12.4 Å². The van der Waals surface area contributed by atoms with Crippen molar-refractivity contribution >= 4 is 17.4 Å². The number of nitrogens with zero attached hydrogens (tertiary/aromatic N) is 1. The Labute approximate surface area is 154 Å². The van der Waals surface area contributed by atoms with E-state index in [9.17, 15) is 4.79 Å². The van der Waals surface area contributed by atoms with Gasteiger partial charge in [-0.2, -0.15) is 0 Å². The number of amides is 2. The number of nitrogens with one attached hydrogen (secondary N) is 2. The zero-order chi connectivity index (χ0) is 18.2. The summed E-state index contributed by atoms with van der Waals surface area (Å²) < 4.78 is 11.1. The summed E-state index contributed by atoms with van der Waals surface area (Å²) in [6.45, 7) is 7.03. The first-order chi connectivity index (χ1) is 12.7. The quantitative estimate of drug-likeness (QED) is 0.834. The summed E-state index contributed by atoms with van der Waals surface area (Å²) in [7, 11) is 0. The molecule has 2 amide bonds. The fourth-order valence-electron chi connectivity index (χ4n) is 2.77. The lowest BCUT2D eigenvalue weighted by atomic mass is 10.2. The molecule has 0 saturated carbocycles. The molecule has 0 radical (unpaired) electrons. The van der Waals surface area contributed by atoms with Crippen molar-refractivity contribution in [1.82, 2.24) is 4.90 Å². The van der Waals surface area contributed by atoms with E-state index in [1.807, 2.05) is 55.5 Å². The SMILES string of the molecule is Cc1cccc(NC(=O)Nc2ccc(OCCN3CCOCC3)cc2)c1. The normalized spacial score (nSPS) is 14.7. The van der Waals surface area contributed by atoms with Crippen LogP contribution in [0.3, 0.4) is 0 Å². The van der Waals surface area contributed by atoms with Gasteiger partial charge in [0.25, 0.3) is 0 Å². The number of aryl methyl sites for hydroxylation is 1. The van der Waals surface area contributed by atoms with Crippen molar-refractivity contribution in [3.63, 3.8) is 0 Å². The topological polar surface area (TPSA) is 62.8 Å². The molecule has 2 aromatic carbocycles. The number of urea groups is 1. The van der Waals surface area contributed by atoms with Gasteiger partial charge in [-0.25, -0.2) is 4.79 Å². The van der Waals surface area contributed by atoms with Gasteiger partial charge in [-0.05, 0) is 48.9 Å². The second-order valence-corrected chi connectivity index (χ2v) is 6.28. The highest BCUT2D eigenvalue weighted by molar-refractivity contribution is 5.99. The van der Waals surface area contributed by atoms with Gasteiger partial charge in [0.05, 0.1) is 13.2 Å². The van der Waals surface area contributed by atoms with E-state index in [4.69, 9.17) is 9.47 Å². The second-order valence-electron chi connectivity index (χ2n) is 6.28. The molecule has 1 aliphatic heterocycles. The molecule has 0 bridgehead atoms. The molecule has 3 rings (SSSR count). The highest BCUT2D eigenvalue weighted by atomic mass is 16.5. The molecule has 1 saturated heterocycles. The maximum Gasteiger partial charge on any atom is 0.323 e. The Morgan fingerprint density at radius 1 is 1.08 bits per heavy atom. The number of ether oxygens (including phenoxy) is 2. The maximum absolute atomic E-state index is 12.1. The van der Waals surface area contributed by atoms with E-state index in [1.165, 1.54) is 0 Å². The molecule has 6 nitrogen and oxygen atoms in total. The van der Waals surface area contributed by atoms with Gasteiger partial charge < -0.3 is 20.1 Å². The van der Waals surface area contributed by atoms with E-state index in [1.54, 1.807) is 0 Å². The standard InChI is InChI=1S/C20H25N3O3/c1-16-3-2-4-18(15-16)22-20(24)21-17-5-7-19(8-6-17)26-14-11-23-9-12-25-13-10-23/h2-8,15H,9-14H2,1H3,(H2,21,22,24). The van der Waals surface area contributed by atoms with Crippen molar-refractivity contribution in [2.24, 2.45) is 0 Å². The van der Waals surface area contributed by atoms with Gasteiger partial charge >= 0.3 is 6.03 Å². The summed E-state index contributed by atoms with van der Waals surface area (Å²) in [5.74, 6) is 0.794. The van der Waals surface area contributed by atoms with E-state index in [-0.39, 0.29) is 6.03 Å². The number of carbonyl (C=O) groups excluding carboxylic acids is 1. The molecule has 26 heavy (non-hydrogen) atoms. The number of rotatable bonds is 6. The molecule has 1 heterocycles. The maximum atomic E-state index is 12.1. The van der Waals surface area contributed by atoms with Crippen molar-refractivity contribution in [1.29, 1.82) is 0 Å². The molecule has 0 atom stereocenters. The smallest absolute Gasteiger partial charge is 0.323 e. The second kappa shape index (κ2) is 9.22. The predicted octanol–water partition coefficient (Wildman–Crippen LogP) is 3.35. The molecule has 0 aromatic heterocycles. The van der Waals surface area contributed by atoms with Crippen molar-refractivity contribution in [2.45, 2.75) is 6.92 Å². The number of carbonyl (C=O) groups is 1. The summed E-state index contributed by atoms with van der Waals surface area (Å²) in [6.07, 6.45) is 0. The van der Waals surface area contributed by atoms with E-state index < -0.39 is 0 Å². The Morgan fingerprint density at radius 2 is 1.81 bits per heavy atom. The van der Waals surface area contributed by atoms with Crippen LogP contribution in [-0.2, 0) is 4.74 Å². The molecule has 0 unspecified atom stereocenters. The van der Waals surface area contributed by atoms with E-state index in [0.717, 1.165) is 55.5 Å². The Kier molecular flexibility index (Phi) is 6.46. The highest BCUT2D eigenvalue weighted by Gasteiger charge is 2.09. The largest absolute Gasteiger partial charge is 0.492 e. The van der Waals surface area contributed by atoms with Gasteiger partial charge in [-0.3, -0.25) is 4.90 Å². The van der Waals surface area contributed by atoms with Crippen LogP contribution in [0.15, 0.2) is 48.5 Å². The van der Waals surface area contributed by atoms with Crippen LogP contribution in [-0.4, -0.2) is 50.4 Å². The average molecular weight is 355 g/mol. The first-order valence-corrected chi connectivity index (χ1v) is 8.87. The lowest BCUT2D eigenvalue weighted by Gasteiger charge is -2.26. The molecule has 0 aliphatic carbocycles. The molecule has 6 heteroatoms. The minimum Gasteiger partial charge on any atom is -0.492 e. The van der Waals surface area contributed by atoms with E-state index in [0.29, 0.717) is 6.61 Å². The van der Waals surface area contributed by atoms with Gasteiger partial charge in [-0.1, -0.05) is 12.1 Å². The fourth-order valence-corrected chi connectivity index (χ4v) is 2.77. The Hall–Kier alpha value is -2.57. The van der Waals surface area contributed by atoms with Crippen LogP contribution in [0.2, 0.25) is 0 Å². The number of hydrogen-bond donors (Lipinski definition) is 2. The zero-order valence-electron chi connectivity index (χ0n) is 15.0. The third-order valence-corrected chi connectivity index (χ3v) is 4.17. The number of anilines is 2. The minimum absolute atomic E-state index is 0.267. The van der Waals surface area contributed by atoms with Gasteiger partial charge in [0, 0.05) is 31.0 Å². The van der Waals surface area contributed by atoms with Gasteiger partial charge in [0.2, 0.25) is 0 Å².